The van der Waals surface area contributed by atoms with Crippen LogP contribution in [0, 0.1) is 0 Å². The van der Waals surface area contributed by atoms with Crippen molar-refractivity contribution in [2.45, 2.75) is 19.6 Å². The Kier molecular flexibility index (Phi) is 16.7. The molecule has 400 valence electrons. The summed E-state index contributed by atoms with van der Waals surface area (Å²) in [6.07, 6.45) is 15.1. The number of aromatic amines is 3. The Balaban J connectivity index is 0.000000123. The minimum Gasteiger partial charge on any atom is -0.497 e. The summed E-state index contributed by atoms with van der Waals surface area (Å²) in [4.78, 5) is 91.3. The van der Waals surface area contributed by atoms with Gasteiger partial charge in [0.2, 0.25) is 0 Å². The normalized spacial score (nSPS) is 10.8. The van der Waals surface area contributed by atoms with Gasteiger partial charge in [0.15, 0.2) is 55.1 Å². The van der Waals surface area contributed by atoms with E-state index in [-0.39, 0.29) is 16.7 Å². The van der Waals surface area contributed by atoms with Crippen molar-refractivity contribution in [1.82, 2.24) is 97.6 Å². The van der Waals surface area contributed by atoms with Crippen LogP contribution in [0.25, 0.3) is 55.8 Å². The van der Waals surface area contributed by atoms with E-state index < -0.39 is 0 Å². The molecule has 0 aliphatic heterocycles. The van der Waals surface area contributed by atoms with Crippen molar-refractivity contribution < 1.29 is 14.2 Å². The molecule has 0 saturated carbocycles. The topological polar surface area (TPSA) is 306 Å². The van der Waals surface area contributed by atoms with Crippen molar-refractivity contribution in [3.8, 4) is 17.2 Å². The van der Waals surface area contributed by atoms with Crippen LogP contribution >= 0.6 is 23.2 Å². The molecule has 10 heterocycles. The largest absolute Gasteiger partial charge is 0.497 e. The number of aryl methyl sites for hydroxylation is 2. The highest BCUT2D eigenvalue weighted by atomic mass is 35.5. The Morgan fingerprint density at radius 3 is 1.30 bits per heavy atom. The van der Waals surface area contributed by atoms with E-state index in [2.05, 4.69) is 74.8 Å². The standard InChI is InChI=1S/C14H14N4O2.C13H11ClN4O.C13H12N4O2.C6H6N4O.C5H3ClN4/c1-17-8-15-13-12(14(17)19)18(9-16-13)7-10-3-5-11(20-2)6-4-10;1-19-10-4-2-9(3-5-10)6-18-8-17-13-11(18)12(14)15-7-16-13;1-19-10-4-2-9(3-5-10)6-17-8-16-12-11(17)13(18)15-7-14-12;1-10-3-9-5-4(6(10)11)7-2-8-5;6-4-3-5(9-1-7-3)10-2-8-4/h3-6,8-9H,7H2,1-2H3;2-5,7-8H,6H2,1H3;2-5,7-8H,6H2,1H3,(H,14,15,18);2-3H,1H3,(H,7,8);1-2H,(H,7,8,9,10). The zero-order valence-corrected chi connectivity index (χ0v) is 44.1. The molecular weight excluding hydrogens is 1060 g/mol. The molecule has 0 aliphatic rings. The highest BCUT2D eigenvalue weighted by molar-refractivity contribution is 6.33. The number of hydrogen-bond acceptors (Lipinski definition) is 18. The number of imidazole rings is 5. The molecule has 0 atom stereocenters. The van der Waals surface area contributed by atoms with Gasteiger partial charge >= 0.3 is 0 Å². The number of rotatable bonds is 9. The summed E-state index contributed by atoms with van der Waals surface area (Å²) in [5.74, 6) is 2.45. The van der Waals surface area contributed by atoms with Crippen molar-refractivity contribution in [2.75, 3.05) is 21.3 Å². The third-order valence-electron chi connectivity index (χ3n) is 11.7. The smallest absolute Gasteiger partial charge is 0.279 e. The number of ether oxygens (including phenoxy) is 3. The van der Waals surface area contributed by atoms with Gasteiger partial charge in [-0.25, -0.2) is 59.8 Å². The molecule has 10 aromatic heterocycles. The van der Waals surface area contributed by atoms with E-state index in [4.69, 9.17) is 37.4 Å². The molecule has 3 aromatic carbocycles. The summed E-state index contributed by atoms with van der Waals surface area (Å²) in [6.45, 7) is 1.80. The average Bonchev–Trinajstić information content (AvgIpc) is 4.47. The summed E-state index contributed by atoms with van der Waals surface area (Å²) in [7, 11) is 8.24. The van der Waals surface area contributed by atoms with Crippen LogP contribution in [-0.4, -0.2) is 119 Å². The van der Waals surface area contributed by atoms with Gasteiger partial charge in [0.25, 0.3) is 16.7 Å². The van der Waals surface area contributed by atoms with Crippen molar-refractivity contribution in [3.63, 3.8) is 0 Å². The first-order valence-electron chi connectivity index (χ1n) is 23.5. The number of nitrogens with one attached hydrogen (secondary N) is 3. The SMILES string of the molecule is COc1ccc(Cn2cnc3nc[nH]c(=O)c32)cc1.COc1ccc(Cn2cnc3ncn(C)c(=O)c32)cc1.COc1ccc(Cn2cnc3ncnc(Cl)c32)cc1.Clc1ncnc2nc[nH]c12.Cn1cnc2nc[nH]c2c1=O. The number of nitrogens with zero attached hydrogens (tertiary/aromatic N) is 17. The molecule has 0 aliphatic carbocycles. The number of hydrogen-bond donors (Lipinski definition) is 3. The van der Waals surface area contributed by atoms with Gasteiger partial charge in [0.1, 0.15) is 40.9 Å². The molecule has 0 bridgehead atoms. The number of halogens is 2. The van der Waals surface area contributed by atoms with E-state index in [1.807, 2.05) is 81.9 Å². The zero-order chi connectivity index (χ0) is 55.4. The van der Waals surface area contributed by atoms with Gasteiger partial charge in [-0.1, -0.05) is 59.6 Å². The Labute approximate surface area is 455 Å². The van der Waals surface area contributed by atoms with Gasteiger partial charge in [-0.15, -0.1) is 0 Å². The summed E-state index contributed by atoms with van der Waals surface area (Å²) in [5, 5.41) is 0.818. The number of aromatic nitrogens is 20. The first kappa shape index (κ1) is 53.6. The Morgan fingerprint density at radius 2 is 0.785 bits per heavy atom. The Morgan fingerprint density at radius 1 is 0.405 bits per heavy atom. The Hall–Kier alpha value is -10.2. The molecule has 13 rings (SSSR count). The van der Waals surface area contributed by atoms with Crippen LogP contribution < -0.4 is 30.9 Å². The maximum atomic E-state index is 12.1. The molecule has 0 amide bonds. The molecule has 79 heavy (non-hydrogen) atoms. The van der Waals surface area contributed by atoms with Gasteiger partial charge in [-0.3, -0.25) is 14.4 Å². The number of methoxy groups -OCH3 is 3. The maximum absolute atomic E-state index is 12.1. The fourth-order valence-corrected chi connectivity index (χ4v) is 8.05. The molecule has 0 fully saturated rings. The van der Waals surface area contributed by atoms with Crippen LogP contribution in [0.5, 0.6) is 17.2 Å². The molecule has 13 aromatic rings. The third-order valence-corrected chi connectivity index (χ3v) is 12.3. The van der Waals surface area contributed by atoms with Crippen molar-refractivity contribution in [2.24, 2.45) is 14.1 Å². The third kappa shape index (κ3) is 12.6. The minimum absolute atomic E-state index is 0.0963. The summed E-state index contributed by atoms with van der Waals surface area (Å²) in [6, 6.07) is 23.2. The second-order valence-electron chi connectivity index (χ2n) is 16.8. The van der Waals surface area contributed by atoms with E-state index in [1.165, 1.54) is 53.4 Å². The molecule has 0 saturated heterocycles. The van der Waals surface area contributed by atoms with Gasteiger partial charge in [0.05, 0.1) is 71.9 Å². The van der Waals surface area contributed by atoms with Crippen LogP contribution in [0.2, 0.25) is 10.3 Å². The van der Waals surface area contributed by atoms with Gasteiger partial charge in [0, 0.05) is 33.7 Å². The van der Waals surface area contributed by atoms with Crippen LogP contribution in [0.4, 0.5) is 0 Å². The van der Waals surface area contributed by atoms with E-state index in [0.29, 0.717) is 80.2 Å². The zero-order valence-electron chi connectivity index (χ0n) is 42.6. The molecule has 26 nitrogen and oxygen atoms in total. The van der Waals surface area contributed by atoms with Crippen molar-refractivity contribution in [1.29, 1.82) is 0 Å². The first-order valence-corrected chi connectivity index (χ1v) is 24.3. The monoisotopic (exact) mass is 1100 g/mol. The highest BCUT2D eigenvalue weighted by Crippen LogP contribution is 2.21. The van der Waals surface area contributed by atoms with Crippen molar-refractivity contribution in [3.05, 3.63) is 194 Å². The lowest BCUT2D eigenvalue weighted by Crippen LogP contribution is -2.19. The van der Waals surface area contributed by atoms with Crippen LogP contribution in [0.1, 0.15) is 16.7 Å². The summed E-state index contributed by atoms with van der Waals surface area (Å²) in [5.41, 5.74) is 8.35. The lowest BCUT2D eigenvalue weighted by Gasteiger charge is -2.06. The molecule has 0 unspecified atom stereocenters. The fraction of sp³-hybridized carbons (Fsp3) is 0.157. The predicted octanol–water partition coefficient (Wildman–Crippen LogP) is 5.56. The fourth-order valence-electron chi connectivity index (χ4n) is 7.63. The molecule has 0 spiro atoms. The summed E-state index contributed by atoms with van der Waals surface area (Å²) >= 11 is 11.8. The average molecular weight is 1110 g/mol. The first-order chi connectivity index (χ1) is 38.4. The van der Waals surface area contributed by atoms with Gasteiger partial charge < -0.3 is 52.0 Å². The minimum atomic E-state index is -0.184. The quantitative estimate of drug-likeness (QED) is 0.149. The van der Waals surface area contributed by atoms with Crippen LogP contribution in [0.15, 0.2) is 150 Å². The Bertz CT molecular complexity index is 4340. The second-order valence-corrected chi connectivity index (χ2v) is 17.5. The number of benzene rings is 3. The maximum Gasteiger partial charge on any atom is 0.279 e. The predicted molar refractivity (Wildman–Crippen MR) is 293 cm³/mol. The lowest BCUT2D eigenvalue weighted by atomic mass is 10.2. The second kappa shape index (κ2) is 24.6. The highest BCUT2D eigenvalue weighted by Gasteiger charge is 2.12. The van der Waals surface area contributed by atoms with E-state index >= 15 is 0 Å². The molecule has 28 heteroatoms. The van der Waals surface area contributed by atoms with Gasteiger partial charge in [-0.05, 0) is 53.1 Å². The number of fused-ring (bicyclic) bond motifs is 5. The molecule has 0 radical (unpaired) electrons. The summed E-state index contributed by atoms with van der Waals surface area (Å²) < 4.78 is 23.7. The van der Waals surface area contributed by atoms with Crippen LogP contribution in [0.3, 0.4) is 0 Å². The van der Waals surface area contributed by atoms with E-state index in [9.17, 15) is 14.4 Å². The van der Waals surface area contributed by atoms with E-state index in [1.54, 1.807) is 59.0 Å². The number of H-pyrrole nitrogens is 3. The lowest BCUT2D eigenvalue weighted by molar-refractivity contribution is 0.414. The van der Waals surface area contributed by atoms with Crippen molar-refractivity contribution >= 4 is 79.0 Å². The van der Waals surface area contributed by atoms with Crippen LogP contribution in [-0.2, 0) is 33.7 Å². The van der Waals surface area contributed by atoms with Gasteiger partial charge in [-0.2, -0.15) is 0 Å². The van der Waals surface area contributed by atoms with E-state index in [0.717, 1.165) is 39.5 Å². The molecular formula is C51H46Cl2N20O6. The molecule has 3 N–H and O–H groups in total.